The van der Waals surface area contributed by atoms with Gasteiger partial charge in [0, 0.05) is 16.5 Å². The first-order chi connectivity index (χ1) is 7.72. The maximum absolute atomic E-state index is 13.7. The van der Waals surface area contributed by atoms with Gasteiger partial charge in [-0.05, 0) is 17.5 Å². The molecule has 0 aliphatic rings. The fourth-order valence-corrected chi connectivity index (χ4v) is 2.25. The summed E-state index contributed by atoms with van der Waals surface area (Å²) in [5.74, 6) is 0.167. The molecule has 0 saturated carbocycles. The number of hydrogen-bond donors (Lipinski definition) is 1. The molecule has 2 nitrogen and oxygen atoms in total. The molecule has 1 aromatic heterocycles. The Balaban J connectivity index is 0.00000144. The van der Waals surface area contributed by atoms with Gasteiger partial charge in [-0.25, -0.2) is 4.39 Å². The van der Waals surface area contributed by atoms with Crippen LogP contribution in [0.4, 0.5) is 4.39 Å². The number of benzene rings is 1. The zero-order chi connectivity index (χ0) is 11.5. The number of rotatable bonds is 3. The van der Waals surface area contributed by atoms with Crippen molar-refractivity contribution in [2.45, 2.75) is 6.04 Å². The quantitative estimate of drug-likeness (QED) is 0.931. The Bertz CT molecular complexity index is 475. The first kappa shape index (κ1) is 14.0. The van der Waals surface area contributed by atoms with Crippen molar-refractivity contribution in [1.29, 1.82) is 0 Å². The third-order valence-electron chi connectivity index (χ3n) is 2.39. The zero-order valence-corrected chi connectivity index (χ0v) is 10.9. The van der Waals surface area contributed by atoms with Gasteiger partial charge in [0.1, 0.15) is 11.6 Å². The second kappa shape index (κ2) is 6.00. The average Bonchev–Trinajstić information content (AvgIpc) is 2.81. The van der Waals surface area contributed by atoms with E-state index in [2.05, 4.69) is 0 Å². The van der Waals surface area contributed by atoms with E-state index >= 15 is 0 Å². The van der Waals surface area contributed by atoms with Gasteiger partial charge in [-0.3, -0.25) is 0 Å². The molecule has 0 fully saturated rings. The number of nitrogens with two attached hydrogens (primary N) is 1. The first-order valence-electron chi connectivity index (χ1n) is 4.85. The molecule has 1 heterocycles. The summed E-state index contributed by atoms with van der Waals surface area (Å²) in [4.78, 5) is 0.948. The lowest BCUT2D eigenvalue weighted by atomic mass is 10.1. The maximum Gasteiger partial charge on any atom is 0.132 e. The highest BCUT2D eigenvalue weighted by molar-refractivity contribution is 7.10. The molecule has 2 aromatic rings. The van der Waals surface area contributed by atoms with E-state index in [1.54, 1.807) is 12.1 Å². The molecule has 5 heteroatoms. The van der Waals surface area contributed by atoms with Crippen molar-refractivity contribution >= 4 is 23.7 Å². The van der Waals surface area contributed by atoms with E-state index in [0.29, 0.717) is 11.3 Å². The van der Waals surface area contributed by atoms with Gasteiger partial charge in [-0.15, -0.1) is 23.7 Å². The number of hydrogen-bond acceptors (Lipinski definition) is 3. The molecule has 0 radical (unpaired) electrons. The Kier molecular flexibility index (Phi) is 4.93. The van der Waals surface area contributed by atoms with Crippen LogP contribution in [0.25, 0.3) is 0 Å². The van der Waals surface area contributed by atoms with Crippen molar-refractivity contribution in [2.75, 3.05) is 7.11 Å². The zero-order valence-electron chi connectivity index (χ0n) is 9.22. The Labute approximate surface area is 110 Å². The summed E-state index contributed by atoms with van der Waals surface area (Å²) in [5, 5.41) is 1.93. The molecule has 1 aromatic carbocycles. The summed E-state index contributed by atoms with van der Waals surface area (Å²) in [6, 6.07) is 8.12. The van der Waals surface area contributed by atoms with Crippen molar-refractivity contribution in [1.82, 2.24) is 0 Å². The van der Waals surface area contributed by atoms with E-state index in [1.807, 2.05) is 17.5 Å². The smallest absolute Gasteiger partial charge is 0.132 e. The second-order valence-electron chi connectivity index (χ2n) is 3.38. The number of ether oxygens (including phenoxy) is 1. The van der Waals surface area contributed by atoms with Gasteiger partial charge in [0.25, 0.3) is 0 Å². The van der Waals surface area contributed by atoms with Gasteiger partial charge in [0.15, 0.2) is 0 Å². The van der Waals surface area contributed by atoms with E-state index in [1.165, 1.54) is 24.5 Å². The molecule has 0 unspecified atom stereocenters. The number of halogens is 2. The Morgan fingerprint density at radius 2 is 2.12 bits per heavy atom. The first-order valence-corrected chi connectivity index (χ1v) is 5.72. The highest BCUT2D eigenvalue weighted by Crippen LogP contribution is 2.27. The monoisotopic (exact) mass is 273 g/mol. The Morgan fingerprint density at radius 1 is 1.35 bits per heavy atom. The van der Waals surface area contributed by atoms with Crippen LogP contribution in [-0.2, 0) is 0 Å². The Morgan fingerprint density at radius 3 is 2.65 bits per heavy atom. The van der Waals surface area contributed by atoms with Gasteiger partial charge >= 0.3 is 0 Å². The van der Waals surface area contributed by atoms with Gasteiger partial charge in [-0.2, -0.15) is 0 Å². The molecule has 1 atom stereocenters. The minimum Gasteiger partial charge on any atom is -0.497 e. The van der Waals surface area contributed by atoms with Gasteiger partial charge in [-0.1, -0.05) is 12.1 Å². The topological polar surface area (TPSA) is 35.2 Å². The highest BCUT2D eigenvalue weighted by Gasteiger charge is 2.14. The lowest BCUT2D eigenvalue weighted by Crippen LogP contribution is -2.12. The largest absolute Gasteiger partial charge is 0.497 e. The molecule has 0 amide bonds. The molecule has 0 aliphatic carbocycles. The lowest BCUT2D eigenvalue weighted by molar-refractivity contribution is 0.410. The normalized spacial score (nSPS) is 11.7. The Hall–Kier alpha value is -1.10. The molecular weight excluding hydrogens is 261 g/mol. The fourth-order valence-electron chi connectivity index (χ4n) is 1.51. The minimum atomic E-state index is -0.411. The van der Waals surface area contributed by atoms with Crippen molar-refractivity contribution in [3.8, 4) is 5.75 Å². The van der Waals surface area contributed by atoms with E-state index in [-0.39, 0.29) is 18.2 Å². The highest BCUT2D eigenvalue weighted by atomic mass is 35.5. The van der Waals surface area contributed by atoms with Crippen LogP contribution in [-0.4, -0.2) is 7.11 Å². The SMILES string of the molecule is COc1ccc([C@H](N)c2cccs2)c(F)c1.Cl. The van der Waals surface area contributed by atoms with Crippen LogP contribution in [0.15, 0.2) is 35.7 Å². The molecule has 0 bridgehead atoms. The fraction of sp³-hybridized carbons (Fsp3) is 0.167. The van der Waals surface area contributed by atoms with Crippen LogP contribution >= 0.6 is 23.7 Å². The van der Waals surface area contributed by atoms with E-state index in [4.69, 9.17) is 10.5 Å². The summed E-state index contributed by atoms with van der Waals surface area (Å²) >= 11 is 1.52. The van der Waals surface area contributed by atoms with Crippen LogP contribution in [0.3, 0.4) is 0 Å². The predicted octanol–water partition coefficient (Wildman–Crippen LogP) is 3.37. The second-order valence-corrected chi connectivity index (χ2v) is 4.36. The van der Waals surface area contributed by atoms with Gasteiger partial charge < -0.3 is 10.5 Å². The van der Waals surface area contributed by atoms with E-state index in [9.17, 15) is 4.39 Å². The lowest BCUT2D eigenvalue weighted by Gasteiger charge is -2.11. The molecule has 2 rings (SSSR count). The molecule has 0 aliphatic heterocycles. The van der Waals surface area contributed by atoms with E-state index in [0.717, 1.165) is 4.88 Å². The van der Waals surface area contributed by atoms with Crippen LogP contribution in [0.5, 0.6) is 5.75 Å². The van der Waals surface area contributed by atoms with Gasteiger partial charge in [0.2, 0.25) is 0 Å². The van der Waals surface area contributed by atoms with Crippen LogP contribution < -0.4 is 10.5 Å². The average molecular weight is 274 g/mol. The van der Waals surface area contributed by atoms with Crippen molar-refractivity contribution in [3.63, 3.8) is 0 Å². The summed E-state index contributed by atoms with van der Waals surface area (Å²) < 4.78 is 18.7. The third-order valence-corrected chi connectivity index (χ3v) is 3.35. The summed E-state index contributed by atoms with van der Waals surface area (Å²) in [7, 11) is 1.51. The summed E-state index contributed by atoms with van der Waals surface area (Å²) in [6.45, 7) is 0. The van der Waals surface area contributed by atoms with Crippen LogP contribution in [0.2, 0.25) is 0 Å². The van der Waals surface area contributed by atoms with Crippen LogP contribution in [0.1, 0.15) is 16.5 Å². The third kappa shape index (κ3) is 2.97. The summed E-state index contributed by atoms with van der Waals surface area (Å²) in [6.07, 6.45) is 0. The number of thiophene rings is 1. The summed E-state index contributed by atoms with van der Waals surface area (Å²) in [5.41, 5.74) is 6.47. The van der Waals surface area contributed by atoms with Crippen molar-refractivity contribution < 1.29 is 9.13 Å². The molecule has 0 spiro atoms. The molecule has 2 N–H and O–H groups in total. The maximum atomic E-state index is 13.7. The molecule has 92 valence electrons. The van der Waals surface area contributed by atoms with Crippen LogP contribution in [0, 0.1) is 5.82 Å². The minimum absolute atomic E-state index is 0. The number of methoxy groups -OCH3 is 1. The van der Waals surface area contributed by atoms with Crippen molar-refractivity contribution in [3.05, 3.63) is 52.0 Å². The molecular formula is C12H13ClFNOS. The van der Waals surface area contributed by atoms with Gasteiger partial charge in [0.05, 0.1) is 13.2 Å². The molecule has 0 saturated heterocycles. The molecule has 17 heavy (non-hydrogen) atoms. The predicted molar refractivity (Wildman–Crippen MR) is 70.5 cm³/mol. The standard InChI is InChI=1S/C12H12FNOS.ClH/c1-15-8-4-5-9(10(13)7-8)12(14)11-3-2-6-16-11;/h2-7,12H,14H2,1H3;1H/t12-;/m0./s1. The van der Waals surface area contributed by atoms with E-state index < -0.39 is 6.04 Å². The van der Waals surface area contributed by atoms with Crippen molar-refractivity contribution in [2.24, 2.45) is 5.73 Å².